The molecular formula is C10H18N6OS. The van der Waals surface area contributed by atoms with E-state index in [1.54, 1.807) is 11.6 Å². The zero-order valence-corrected chi connectivity index (χ0v) is 11.4. The second kappa shape index (κ2) is 5.57. The van der Waals surface area contributed by atoms with E-state index in [4.69, 9.17) is 5.73 Å². The SMILES string of the molecule is CC(Sc1nnc(N)n1C)C(=O)N1CCNCC1. The van der Waals surface area contributed by atoms with E-state index >= 15 is 0 Å². The minimum Gasteiger partial charge on any atom is -0.368 e. The number of piperazine rings is 1. The molecule has 0 spiro atoms. The molecule has 1 unspecified atom stereocenters. The fraction of sp³-hybridized carbons (Fsp3) is 0.700. The molecule has 1 aliphatic rings. The van der Waals surface area contributed by atoms with E-state index in [1.165, 1.54) is 11.8 Å². The average Bonchev–Trinajstić information content (AvgIpc) is 2.71. The van der Waals surface area contributed by atoms with Crippen LogP contribution in [0.25, 0.3) is 0 Å². The van der Waals surface area contributed by atoms with Crippen molar-refractivity contribution in [2.75, 3.05) is 31.9 Å². The molecule has 1 aromatic rings. The largest absolute Gasteiger partial charge is 0.368 e. The van der Waals surface area contributed by atoms with Gasteiger partial charge in [-0.3, -0.25) is 9.36 Å². The zero-order valence-electron chi connectivity index (χ0n) is 10.6. The van der Waals surface area contributed by atoms with Crippen LogP contribution in [0.4, 0.5) is 5.95 Å². The lowest BCUT2D eigenvalue weighted by atomic mass is 10.3. The van der Waals surface area contributed by atoms with Gasteiger partial charge in [-0.05, 0) is 6.92 Å². The summed E-state index contributed by atoms with van der Waals surface area (Å²) in [6.07, 6.45) is 0. The van der Waals surface area contributed by atoms with Crippen molar-refractivity contribution in [2.24, 2.45) is 7.05 Å². The van der Waals surface area contributed by atoms with Gasteiger partial charge < -0.3 is 16.0 Å². The Morgan fingerprint density at radius 3 is 2.67 bits per heavy atom. The molecule has 0 saturated carbocycles. The van der Waals surface area contributed by atoms with Crippen molar-refractivity contribution in [3.63, 3.8) is 0 Å². The highest BCUT2D eigenvalue weighted by molar-refractivity contribution is 8.00. The first-order valence-electron chi connectivity index (χ1n) is 5.90. The number of anilines is 1. The Labute approximate surface area is 110 Å². The Morgan fingerprint density at radius 2 is 2.11 bits per heavy atom. The molecule has 0 aliphatic carbocycles. The van der Waals surface area contributed by atoms with Crippen LogP contribution in [-0.4, -0.2) is 57.0 Å². The molecule has 100 valence electrons. The first-order chi connectivity index (χ1) is 8.59. The molecule has 0 bridgehead atoms. The molecule has 0 aromatic carbocycles. The number of amides is 1. The van der Waals surface area contributed by atoms with Gasteiger partial charge in [-0.2, -0.15) is 0 Å². The van der Waals surface area contributed by atoms with Gasteiger partial charge in [-0.1, -0.05) is 11.8 Å². The number of hydrogen-bond donors (Lipinski definition) is 2. The number of aromatic nitrogens is 3. The van der Waals surface area contributed by atoms with Crippen LogP contribution >= 0.6 is 11.8 Å². The third-order valence-corrected chi connectivity index (χ3v) is 4.05. The van der Waals surface area contributed by atoms with Crippen LogP contribution in [0.3, 0.4) is 0 Å². The van der Waals surface area contributed by atoms with Gasteiger partial charge in [-0.15, -0.1) is 10.2 Å². The maximum absolute atomic E-state index is 12.2. The van der Waals surface area contributed by atoms with E-state index in [1.807, 2.05) is 11.8 Å². The number of nitrogens with zero attached hydrogens (tertiary/aromatic N) is 4. The van der Waals surface area contributed by atoms with E-state index in [0.717, 1.165) is 26.2 Å². The maximum Gasteiger partial charge on any atom is 0.235 e. The lowest BCUT2D eigenvalue weighted by Gasteiger charge is -2.29. The molecular weight excluding hydrogens is 252 g/mol. The number of nitrogens with two attached hydrogens (primary N) is 1. The number of nitrogen functional groups attached to an aromatic ring is 1. The minimum atomic E-state index is -0.176. The Balaban J connectivity index is 1.96. The highest BCUT2D eigenvalue weighted by atomic mass is 32.2. The molecule has 1 atom stereocenters. The van der Waals surface area contributed by atoms with Crippen molar-refractivity contribution >= 4 is 23.6 Å². The first kappa shape index (κ1) is 13.2. The van der Waals surface area contributed by atoms with Gasteiger partial charge in [0.1, 0.15) is 0 Å². The van der Waals surface area contributed by atoms with Gasteiger partial charge in [0.15, 0.2) is 5.16 Å². The topological polar surface area (TPSA) is 89.1 Å². The fourth-order valence-electron chi connectivity index (χ4n) is 1.78. The molecule has 7 nitrogen and oxygen atoms in total. The van der Waals surface area contributed by atoms with Crippen molar-refractivity contribution in [3.05, 3.63) is 0 Å². The molecule has 1 amide bonds. The summed E-state index contributed by atoms with van der Waals surface area (Å²) < 4.78 is 1.69. The van der Waals surface area contributed by atoms with Crippen LogP contribution in [0, 0.1) is 0 Å². The number of nitrogens with one attached hydrogen (secondary N) is 1. The summed E-state index contributed by atoms with van der Waals surface area (Å²) in [6.45, 7) is 5.15. The van der Waals surface area contributed by atoms with Gasteiger partial charge in [0.05, 0.1) is 5.25 Å². The van der Waals surface area contributed by atoms with Crippen LogP contribution in [0.5, 0.6) is 0 Å². The van der Waals surface area contributed by atoms with Gasteiger partial charge in [0, 0.05) is 33.2 Å². The van der Waals surface area contributed by atoms with Crippen molar-refractivity contribution in [1.29, 1.82) is 0 Å². The normalized spacial score (nSPS) is 17.8. The summed E-state index contributed by atoms with van der Waals surface area (Å²) in [5, 5.41) is 11.4. The predicted molar refractivity (Wildman–Crippen MR) is 70.2 cm³/mol. The molecule has 1 aliphatic heterocycles. The van der Waals surface area contributed by atoms with Gasteiger partial charge in [-0.25, -0.2) is 0 Å². The Bertz CT molecular complexity index is 428. The Kier molecular flexibility index (Phi) is 4.07. The van der Waals surface area contributed by atoms with E-state index in [9.17, 15) is 4.79 Å². The van der Waals surface area contributed by atoms with Crippen molar-refractivity contribution in [2.45, 2.75) is 17.3 Å². The molecule has 2 heterocycles. The van der Waals surface area contributed by atoms with Crippen LogP contribution in [-0.2, 0) is 11.8 Å². The second-order valence-electron chi connectivity index (χ2n) is 4.24. The van der Waals surface area contributed by atoms with Gasteiger partial charge in [0.2, 0.25) is 11.9 Å². The lowest BCUT2D eigenvalue weighted by Crippen LogP contribution is -2.48. The molecule has 1 aromatic heterocycles. The third kappa shape index (κ3) is 2.75. The predicted octanol–water partition coefficient (Wildman–Crippen LogP) is -0.690. The molecule has 1 fully saturated rings. The van der Waals surface area contributed by atoms with E-state index in [0.29, 0.717) is 11.1 Å². The average molecular weight is 270 g/mol. The monoisotopic (exact) mass is 270 g/mol. The van der Waals surface area contributed by atoms with Crippen LogP contribution in [0.2, 0.25) is 0 Å². The number of rotatable bonds is 3. The van der Waals surface area contributed by atoms with Crippen molar-refractivity contribution in [3.8, 4) is 0 Å². The number of hydrogen-bond acceptors (Lipinski definition) is 6. The molecule has 0 radical (unpaired) electrons. The third-order valence-electron chi connectivity index (χ3n) is 2.93. The molecule has 1 saturated heterocycles. The van der Waals surface area contributed by atoms with Crippen molar-refractivity contribution < 1.29 is 4.79 Å². The molecule has 2 rings (SSSR count). The lowest BCUT2D eigenvalue weighted by molar-refractivity contribution is -0.130. The van der Waals surface area contributed by atoms with Gasteiger partial charge >= 0.3 is 0 Å². The standard InChI is InChI=1S/C10H18N6OS/c1-7(8(17)16-5-3-12-4-6-16)18-10-14-13-9(11)15(10)2/h7,12H,3-6H2,1-2H3,(H2,11,13). The summed E-state index contributed by atoms with van der Waals surface area (Å²) in [5.41, 5.74) is 5.61. The zero-order chi connectivity index (χ0) is 13.1. The minimum absolute atomic E-state index is 0.142. The van der Waals surface area contributed by atoms with Crippen LogP contribution in [0.15, 0.2) is 5.16 Å². The van der Waals surface area contributed by atoms with Crippen molar-refractivity contribution in [1.82, 2.24) is 25.0 Å². The van der Waals surface area contributed by atoms with Crippen LogP contribution < -0.4 is 11.1 Å². The number of thioether (sulfide) groups is 1. The number of carbonyl (C=O) groups excluding carboxylic acids is 1. The molecule has 18 heavy (non-hydrogen) atoms. The Hall–Kier alpha value is -1.28. The molecule has 8 heteroatoms. The molecule has 3 N–H and O–H groups in total. The fourth-order valence-corrected chi connectivity index (χ4v) is 2.69. The summed E-state index contributed by atoms with van der Waals surface area (Å²) in [6, 6.07) is 0. The summed E-state index contributed by atoms with van der Waals surface area (Å²) in [4.78, 5) is 14.1. The summed E-state index contributed by atoms with van der Waals surface area (Å²) in [7, 11) is 1.79. The van der Waals surface area contributed by atoms with E-state index < -0.39 is 0 Å². The van der Waals surface area contributed by atoms with Gasteiger partial charge in [0.25, 0.3) is 0 Å². The highest BCUT2D eigenvalue weighted by Crippen LogP contribution is 2.23. The number of carbonyl (C=O) groups is 1. The first-order valence-corrected chi connectivity index (χ1v) is 6.78. The smallest absolute Gasteiger partial charge is 0.235 e. The maximum atomic E-state index is 12.2. The Morgan fingerprint density at radius 1 is 1.44 bits per heavy atom. The van der Waals surface area contributed by atoms with E-state index in [-0.39, 0.29) is 11.2 Å². The highest BCUT2D eigenvalue weighted by Gasteiger charge is 2.24. The van der Waals surface area contributed by atoms with E-state index in [2.05, 4.69) is 15.5 Å². The summed E-state index contributed by atoms with van der Waals surface area (Å²) >= 11 is 1.39. The second-order valence-corrected chi connectivity index (χ2v) is 5.54. The summed E-state index contributed by atoms with van der Waals surface area (Å²) in [5.74, 6) is 0.502. The van der Waals surface area contributed by atoms with Crippen LogP contribution in [0.1, 0.15) is 6.92 Å². The quantitative estimate of drug-likeness (QED) is 0.707.